The van der Waals surface area contributed by atoms with E-state index in [1.54, 1.807) is 6.20 Å². The smallest absolute Gasteiger partial charge is 0.323 e. The summed E-state index contributed by atoms with van der Waals surface area (Å²) in [6.45, 7) is 1.05. The van der Waals surface area contributed by atoms with Crippen LogP contribution in [0.2, 0.25) is 0 Å². The zero-order valence-electron chi connectivity index (χ0n) is 9.84. The molecule has 19 heavy (non-hydrogen) atoms. The normalized spacial score (nSPS) is 19.2. The molecule has 2 rings (SSSR count). The lowest BCUT2D eigenvalue weighted by molar-refractivity contribution is -0.141. The van der Waals surface area contributed by atoms with Crippen molar-refractivity contribution in [3.8, 4) is 0 Å². The Kier molecular flexibility index (Phi) is 4.72. The highest BCUT2D eigenvalue weighted by Gasteiger charge is 2.26. The van der Waals surface area contributed by atoms with Crippen molar-refractivity contribution < 1.29 is 19.4 Å². The number of carbonyl (C=O) groups excluding carboxylic acids is 1. The predicted molar refractivity (Wildman–Crippen MR) is 72.4 cm³/mol. The fourth-order valence-corrected chi connectivity index (χ4v) is 2.80. The van der Waals surface area contributed by atoms with Gasteiger partial charge in [-0.25, -0.2) is 9.78 Å². The van der Waals surface area contributed by atoms with Crippen LogP contribution in [-0.2, 0) is 9.53 Å². The number of aliphatic carboxylic acids is 1. The maximum atomic E-state index is 12.0. The molecule has 2 heterocycles. The molecule has 7 nitrogen and oxygen atoms in total. The summed E-state index contributed by atoms with van der Waals surface area (Å²) in [5, 5.41) is 11.9. The van der Waals surface area contributed by atoms with Gasteiger partial charge in [0, 0.05) is 13.1 Å². The second-order valence-corrected chi connectivity index (χ2v) is 6.35. The Balaban J connectivity index is 1.89. The summed E-state index contributed by atoms with van der Waals surface area (Å²) in [5.74, 6) is -0.934. The number of ether oxygens (including phenoxy) is 1. The van der Waals surface area contributed by atoms with Gasteiger partial charge in [0.2, 0.25) is 0 Å². The van der Waals surface area contributed by atoms with E-state index in [2.05, 4.69) is 26.2 Å². The average molecular weight is 350 g/mol. The van der Waals surface area contributed by atoms with Gasteiger partial charge >= 0.3 is 12.0 Å². The molecule has 0 radical (unpaired) electrons. The lowest BCUT2D eigenvalue weighted by Gasteiger charge is -2.31. The molecule has 9 heteroatoms. The number of hydrogen-bond donors (Lipinski definition) is 2. The van der Waals surface area contributed by atoms with Gasteiger partial charge in [-0.2, -0.15) is 0 Å². The van der Waals surface area contributed by atoms with Crippen LogP contribution in [0.5, 0.6) is 0 Å². The Labute approximate surface area is 121 Å². The molecule has 0 saturated carbocycles. The summed E-state index contributed by atoms with van der Waals surface area (Å²) in [7, 11) is 0. The number of anilines is 1. The monoisotopic (exact) mass is 349 g/mol. The Morgan fingerprint density at radius 3 is 3.11 bits per heavy atom. The molecule has 1 saturated heterocycles. The predicted octanol–water partition coefficient (Wildman–Crippen LogP) is 1.61. The average Bonchev–Trinajstić information content (AvgIpc) is 2.74. The van der Waals surface area contributed by atoms with E-state index in [0.29, 0.717) is 18.3 Å². The number of carboxylic acid groups (broad SMARTS) is 1. The van der Waals surface area contributed by atoms with E-state index in [1.165, 1.54) is 16.2 Å². The van der Waals surface area contributed by atoms with E-state index >= 15 is 0 Å². The van der Waals surface area contributed by atoms with Gasteiger partial charge in [-0.15, -0.1) is 0 Å². The topological polar surface area (TPSA) is 91.8 Å². The van der Waals surface area contributed by atoms with Gasteiger partial charge in [0.25, 0.3) is 0 Å². The zero-order valence-corrected chi connectivity index (χ0v) is 12.2. The fourth-order valence-electron chi connectivity index (χ4n) is 1.70. The lowest BCUT2D eigenvalue weighted by Crippen LogP contribution is -2.47. The summed E-state index contributed by atoms with van der Waals surface area (Å²) in [5.41, 5.74) is 0. The Morgan fingerprint density at radius 2 is 2.47 bits per heavy atom. The number of nitrogens with one attached hydrogen (secondary N) is 1. The van der Waals surface area contributed by atoms with Crippen LogP contribution in [0.3, 0.4) is 0 Å². The highest BCUT2D eigenvalue weighted by Crippen LogP contribution is 2.23. The summed E-state index contributed by atoms with van der Waals surface area (Å²) in [6, 6.07) is -0.291. The van der Waals surface area contributed by atoms with Crippen molar-refractivity contribution in [1.82, 2.24) is 9.88 Å². The first-order valence-electron chi connectivity index (χ1n) is 5.55. The van der Waals surface area contributed by atoms with Crippen LogP contribution in [0.25, 0.3) is 0 Å². The Hall–Kier alpha value is -1.19. The molecule has 1 aromatic heterocycles. The number of carbonyl (C=O) groups is 2. The van der Waals surface area contributed by atoms with E-state index in [4.69, 9.17) is 9.84 Å². The lowest BCUT2D eigenvalue weighted by atomic mass is 10.2. The van der Waals surface area contributed by atoms with E-state index in [0.717, 1.165) is 3.79 Å². The highest BCUT2D eigenvalue weighted by atomic mass is 79.9. The third-order valence-electron chi connectivity index (χ3n) is 2.52. The summed E-state index contributed by atoms with van der Waals surface area (Å²) in [4.78, 5) is 28.1. The van der Waals surface area contributed by atoms with Gasteiger partial charge in [0.15, 0.2) is 5.13 Å². The second kappa shape index (κ2) is 6.31. The molecule has 0 aromatic carbocycles. The van der Waals surface area contributed by atoms with Crippen molar-refractivity contribution in [2.75, 3.05) is 25.0 Å². The Bertz CT molecular complexity index is 481. The van der Waals surface area contributed by atoms with Crippen LogP contribution in [0.1, 0.15) is 6.42 Å². The molecule has 0 aliphatic carbocycles. The van der Waals surface area contributed by atoms with Crippen LogP contribution >= 0.6 is 27.3 Å². The Morgan fingerprint density at radius 1 is 1.68 bits per heavy atom. The molecular weight excluding hydrogens is 338 g/mol. The summed E-state index contributed by atoms with van der Waals surface area (Å²) in [6.07, 6.45) is 1.04. The van der Waals surface area contributed by atoms with Crippen molar-refractivity contribution in [2.24, 2.45) is 0 Å². The molecule has 2 amide bonds. The first-order valence-corrected chi connectivity index (χ1v) is 7.16. The third-order valence-corrected chi connectivity index (χ3v) is 3.91. The van der Waals surface area contributed by atoms with E-state index in [9.17, 15) is 9.59 Å². The van der Waals surface area contributed by atoms with Crippen LogP contribution in [-0.4, -0.2) is 52.8 Å². The number of nitrogens with zero attached hydrogens (tertiary/aromatic N) is 2. The zero-order chi connectivity index (χ0) is 13.8. The minimum atomic E-state index is -0.934. The van der Waals surface area contributed by atoms with Gasteiger partial charge in [0.05, 0.1) is 29.1 Å². The molecule has 0 bridgehead atoms. The summed E-state index contributed by atoms with van der Waals surface area (Å²) >= 11 is 4.57. The van der Waals surface area contributed by atoms with Gasteiger partial charge < -0.3 is 14.7 Å². The maximum Gasteiger partial charge on any atom is 0.323 e. The van der Waals surface area contributed by atoms with Crippen molar-refractivity contribution in [1.29, 1.82) is 0 Å². The number of thiazole rings is 1. The molecule has 104 valence electrons. The minimum Gasteiger partial charge on any atom is -0.481 e. The van der Waals surface area contributed by atoms with Crippen molar-refractivity contribution in [2.45, 2.75) is 12.5 Å². The molecule has 1 aromatic rings. The molecule has 1 fully saturated rings. The fraction of sp³-hybridized carbons (Fsp3) is 0.500. The van der Waals surface area contributed by atoms with Crippen LogP contribution < -0.4 is 5.32 Å². The SMILES string of the molecule is O=C(O)CC1CN(C(=O)Nc2ncc(Br)s2)CCO1. The van der Waals surface area contributed by atoms with Crippen molar-refractivity contribution >= 4 is 44.4 Å². The summed E-state index contributed by atoms with van der Waals surface area (Å²) < 4.78 is 6.13. The minimum absolute atomic E-state index is 0.105. The van der Waals surface area contributed by atoms with Gasteiger partial charge in [-0.3, -0.25) is 10.1 Å². The number of amides is 2. The third kappa shape index (κ3) is 4.15. The number of rotatable bonds is 3. The molecule has 2 N–H and O–H groups in total. The number of halogens is 1. The number of carboxylic acids is 1. The number of aromatic nitrogens is 1. The molecular formula is C10H12BrN3O4S. The van der Waals surface area contributed by atoms with Crippen molar-refractivity contribution in [3.63, 3.8) is 0 Å². The van der Waals surface area contributed by atoms with Crippen LogP contribution in [0, 0.1) is 0 Å². The van der Waals surface area contributed by atoms with Gasteiger partial charge in [-0.1, -0.05) is 11.3 Å². The van der Waals surface area contributed by atoms with E-state index in [-0.39, 0.29) is 19.0 Å². The number of morpholine rings is 1. The molecule has 1 aliphatic heterocycles. The van der Waals surface area contributed by atoms with E-state index in [1.807, 2.05) is 0 Å². The highest BCUT2D eigenvalue weighted by molar-refractivity contribution is 9.11. The number of urea groups is 1. The van der Waals surface area contributed by atoms with Crippen LogP contribution in [0.4, 0.5) is 9.93 Å². The second-order valence-electron chi connectivity index (χ2n) is 3.94. The molecule has 0 spiro atoms. The van der Waals surface area contributed by atoms with Crippen LogP contribution in [0.15, 0.2) is 9.98 Å². The molecule has 1 unspecified atom stereocenters. The molecule has 1 atom stereocenters. The van der Waals surface area contributed by atoms with E-state index < -0.39 is 12.1 Å². The maximum absolute atomic E-state index is 12.0. The quantitative estimate of drug-likeness (QED) is 0.864. The van der Waals surface area contributed by atoms with Gasteiger partial charge in [-0.05, 0) is 15.9 Å². The van der Waals surface area contributed by atoms with Gasteiger partial charge in [0.1, 0.15) is 0 Å². The largest absolute Gasteiger partial charge is 0.481 e. The standard InChI is InChI=1S/C10H12BrN3O4S/c11-7-4-12-9(19-7)13-10(17)14-1-2-18-6(5-14)3-8(15)16/h4,6H,1-3,5H2,(H,15,16)(H,12,13,17). The number of hydrogen-bond acceptors (Lipinski definition) is 5. The first kappa shape index (κ1) is 14.2. The molecule has 1 aliphatic rings. The van der Waals surface area contributed by atoms with Crippen molar-refractivity contribution in [3.05, 3.63) is 9.98 Å². The first-order chi connectivity index (χ1) is 9.04.